The Labute approximate surface area is 117 Å². The van der Waals surface area contributed by atoms with E-state index in [1.165, 1.54) is 18.9 Å². The van der Waals surface area contributed by atoms with Crippen LogP contribution in [0.2, 0.25) is 0 Å². The van der Waals surface area contributed by atoms with E-state index in [2.05, 4.69) is 16.1 Å². The summed E-state index contributed by atoms with van der Waals surface area (Å²) in [6.45, 7) is 1.74. The van der Waals surface area contributed by atoms with E-state index in [1.54, 1.807) is 6.92 Å². The van der Waals surface area contributed by atoms with Crippen molar-refractivity contribution in [2.45, 2.75) is 31.3 Å². The number of esters is 1. The number of amides is 1. The molecule has 1 aliphatic rings. The molecule has 0 bridgehead atoms. The van der Waals surface area contributed by atoms with Gasteiger partial charge in [-0.15, -0.1) is 11.8 Å². The van der Waals surface area contributed by atoms with Crippen molar-refractivity contribution >= 4 is 23.6 Å². The summed E-state index contributed by atoms with van der Waals surface area (Å²) in [5, 5.41) is 11.9. The van der Waals surface area contributed by atoms with Crippen LogP contribution in [-0.4, -0.2) is 42.1 Å². The smallest absolute Gasteiger partial charge is 0.323 e. The molecule has 6 nitrogen and oxygen atoms in total. The minimum absolute atomic E-state index is 0.175. The molecule has 0 spiro atoms. The zero-order valence-electron chi connectivity index (χ0n) is 11.1. The third kappa shape index (κ3) is 4.73. The molecule has 0 aromatic heterocycles. The number of nitriles is 1. The highest BCUT2D eigenvalue weighted by atomic mass is 32.2. The highest BCUT2D eigenvalue weighted by Gasteiger charge is 2.42. The summed E-state index contributed by atoms with van der Waals surface area (Å²) in [6, 6.07) is 1.43. The average Bonchev–Trinajstić information content (AvgIpc) is 3.21. The van der Waals surface area contributed by atoms with Gasteiger partial charge in [-0.1, -0.05) is 0 Å². The lowest BCUT2D eigenvalue weighted by molar-refractivity contribution is -0.141. The molecular formula is C12H19N3O3S. The van der Waals surface area contributed by atoms with Gasteiger partial charge < -0.3 is 15.8 Å². The molecule has 1 amide bonds. The number of hydrogen-bond donors (Lipinski definition) is 2. The van der Waals surface area contributed by atoms with Crippen molar-refractivity contribution < 1.29 is 14.3 Å². The first-order valence-electron chi connectivity index (χ1n) is 6.06. The summed E-state index contributed by atoms with van der Waals surface area (Å²) >= 11 is 1.25. The zero-order chi connectivity index (χ0) is 14.5. The molecule has 2 unspecified atom stereocenters. The van der Waals surface area contributed by atoms with Gasteiger partial charge in [0.2, 0.25) is 5.91 Å². The van der Waals surface area contributed by atoms with E-state index in [0.29, 0.717) is 5.75 Å². The molecular weight excluding hydrogens is 266 g/mol. The minimum atomic E-state index is -0.776. The molecule has 2 atom stereocenters. The fraction of sp³-hybridized carbons (Fsp3) is 0.750. The van der Waals surface area contributed by atoms with Crippen LogP contribution in [-0.2, 0) is 14.3 Å². The third-order valence-electron chi connectivity index (χ3n) is 3.06. The maximum atomic E-state index is 11.7. The number of methoxy groups -OCH3 is 1. The molecule has 0 aromatic carbocycles. The molecule has 1 aliphatic carbocycles. The predicted octanol–water partition coefficient (Wildman–Crippen LogP) is 0.0284. The summed E-state index contributed by atoms with van der Waals surface area (Å²) in [5.41, 5.74) is 4.77. The van der Waals surface area contributed by atoms with E-state index in [1.807, 2.05) is 0 Å². The molecule has 0 heterocycles. The van der Waals surface area contributed by atoms with Gasteiger partial charge in [0.1, 0.15) is 11.6 Å². The summed E-state index contributed by atoms with van der Waals surface area (Å²) in [6.07, 6.45) is 1.95. The van der Waals surface area contributed by atoms with Crippen molar-refractivity contribution in [2.24, 2.45) is 11.7 Å². The number of nitrogens with one attached hydrogen (secondary N) is 1. The Kier molecular flexibility index (Phi) is 5.63. The normalized spacial score (nSPS) is 18.8. The minimum Gasteiger partial charge on any atom is -0.468 e. The highest BCUT2D eigenvalue weighted by Crippen LogP contribution is 2.39. The van der Waals surface area contributed by atoms with E-state index < -0.39 is 17.6 Å². The van der Waals surface area contributed by atoms with E-state index in [9.17, 15) is 9.59 Å². The zero-order valence-corrected chi connectivity index (χ0v) is 12.0. The van der Waals surface area contributed by atoms with Crippen molar-refractivity contribution in [2.75, 3.05) is 18.6 Å². The molecule has 1 fully saturated rings. The molecule has 0 radical (unpaired) electrons. The molecule has 0 saturated heterocycles. The standard InChI is InChI=1S/C12H19N3O3S/c1-12(7-13,8-3-4-8)15-10(16)6-19-5-9(14)11(17)18-2/h8-9H,3-6,14H2,1-2H3,(H,15,16). The number of carbonyl (C=O) groups is 2. The monoisotopic (exact) mass is 285 g/mol. The molecule has 1 saturated carbocycles. The van der Waals surface area contributed by atoms with Gasteiger partial charge in [0.15, 0.2) is 0 Å². The lowest BCUT2D eigenvalue weighted by Gasteiger charge is -2.22. The molecule has 0 aliphatic heterocycles. The van der Waals surface area contributed by atoms with Crippen LogP contribution >= 0.6 is 11.8 Å². The second-order valence-electron chi connectivity index (χ2n) is 4.78. The van der Waals surface area contributed by atoms with Crippen molar-refractivity contribution in [1.82, 2.24) is 5.32 Å². The number of rotatable bonds is 7. The number of nitrogens with zero attached hydrogens (tertiary/aromatic N) is 1. The lowest BCUT2D eigenvalue weighted by Crippen LogP contribution is -2.47. The summed E-state index contributed by atoms with van der Waals surface area (Å²) in [5.74, 6) is 0.0381. The van der Waals surface area contributed by atoms with Gasteiger partial charge in [-0.3, -0.25) is 9.59 Å². The second-order valence-corrected chi connectivity index (χ2v) is 5.81. The van der Waals surface area contributed by atoms with Gasteiger partial charge in [-0.05, 0) is 25.7 Å². The molecule has 7 heteroatoms. The highest BCUT2D eigenvalue weighted by molar-refractivity contribution is 8.00. The number of ether oxygens (including phenoxy) is 1. The number of hydrogen-bond acceptors (Lipinski definition) is 6. The van der Waals surface area contributed by atoms with E-state index in [0.717, 1.165) is 12.8 Å². The Hall–Kier alpha value is -1.26. The molecule has 0 aromatic rings. The maximum Gasteiger partial charge on any atom is 0.323 e. The number of nitrogens with two attached hydrogens (primary N) is 1. The largest absolute Gasteiger partial charge is 0.468 e. The first kappa shape index (κ1) is 15.8. The quantitative estimate of drug-likeness (QED) is 0.639. The molecule has 3 N–H and O–H groups in total. The van der Waals surface area contributed by atoms with Gasteiger partial charge in [0, 0.05) is 5.75 Å². The van der Waals surface area contributed by atoms with Gasteiger partial charge in [-0.25, -0.2) is 0 Å². The van der Waals surface area contributed by atoms with Gasteiger partial charge in [0.25, 0.3) is 0 Å². The average molecular weight is 285 g/mol. The Morgan fingerprint density at radius 3 is 2.74 bits per heavy atom. The van der Waals surface area contributed by atoms with E-state index in [-0.39, 0.29) is 17.6 Å². The predicted molar refractivity (Wildman–Crippen MR) is 72.2 cm³/mol. The van der Waals surface area contributed by atoms with Crippen LogP contribution in [0.3, 0.4) is 0 Å². The van der Waals surface area contributed by atoms with Crippen molar-refractivity contribution in [1.29, 1.82) is 5.26 Å². The molecule has 19 heavy (non-hydrogen) atoms. The van der Waals surface area contributed by atoms with Crippen LogP contribution in [0.25, 0.3) is 0 Å². The first-order valence-corrected chi connectivity index (χ1v) is 7.22. The molecule has 106 valence electrons. The topological polar surface area (TPSA) is 105 Å². The summed E-state index contributed by atoms with van der Waals surface area (Å²) in [4.78, 5) is 22.8. The fourth-order valence-corrected chi connectivity index (χ4v) is 2.47. The Balaban J connectivity index is 2.28. The Morgan fingerprint density at radius 1 is 1.63 bits per heavy atom. The van der Waals surface area contributed by atoms with Crippen LogP contribution in [0.15, 0.2) is 0 Å². The lowest BCUT2D eigenvalue weighted by atomic mass is 9.98. The van der Waals surface area contributed by atoms with Crippen LogP contribution in [0.4, 0.5) is 0 Å². The first-order chi connectivity index (χ1) is 8.92. The molecule has 1 rings (SSSR count). The second kappa shape index (κ2) is 6.78. The van der Waals surface area contributed by atoms with Crippen LogP contribution in [0, 0.1) is 17.2 Å². The summed E-state index contributed by atoms with van der Waals surface area (Å²) in [7, 11) is 1.27. The SMILES string of the molecule is COC(=O)C(N)CSCC(=O)NC(C)(C#N)C1CC1. The van der Waals surface area contributed by atoms with Gasteiger partial charge in [-0.2, -0.15) is 5.26 Å². The summed E-state index contributed by atoms with van der Waals surface area (Å²) < 4.78 is 4.49. The van der Waals surface area contributed by atoms with Gasteiger partial charge in [0.05, 0.1) is 18.9 Å². The van der Waals surface area contributed by atoms with Gasteiger partial charge >= 0.3 is 5.97 Å². The number of carbonyl (C=O) groups excluding carboxylic acids is 2. The maximum absolute atomic E-state index is 11.7. The van der Waals surface area contributed by atoms with Crippen LogP contribution in [0.1, 0.15) is 19.8 Å². The third-order valence-corrected chi connectivity index (χ3v) is 4.12. The number of thioether (sulfide) groups is 1. The van der Waals surface area contributed by atoms with E-state index >= 15 is 0 Å². The Morgan fingerprint density at radius 2 is 2.26 bits per heavy atom. The van der Waals surface area contributed by atoms with Crippen LogP contribution < -0.4 is 11.1 Å². The van der Waals surface area contributed by atoms with Crippen molar-refractivity contribution in [3.63, 3.8) is 0 Å². The fourth-order valence-electron chi connectivity index (χ4n) is 1.71. The Bertz CT molecular complexity index is 392. The van der Waals surface area contributed by atoms with Crippen molar-refractivity contribution in [3.05, 3.63) is 0 Å². The van der Waals surface area contributed by atoms with E-state index in [4.69, 9.17) is 11.0 Å². The van der Waals surface area contributed by atoms with Crippen molar-refractivity contribution in [3.8, 4) is 6.07 Å². The van der Waals surface area contributed by atoms with Crippen LogP contribution in [0.5, 0.6) is 0 Å².